The molecule has 4 rings (SSSR count). The van der Waals surface area contributed by atoms with Crippen molar-refractivity contribution >= 4 is 34.1 Å². The maximum absolute atomic E-state index is 12.6. The van der Waals surface area contributed by atoms with Crippen molar-refractivity contribution in [3.8, 4) is 11.4 Å². The van der Waals surface area contributed by atoms with Crippen molar-refractivity contribution in [2.45, 2.75) is 25.5 Å². The van der Waals surface area contributed by atoms with Crippen LogP contribution in [-0.4, -0.2) is 26.4 Å². The molecule has 0 fully saturated rings. The molecule has 0 saturated heterocycles. The third kappa shape index (κ3) is 4.17. The Morgan fingerprint density at radius 2 is 1.83 bits per heavy atom. The summed E-state index contributed by atoms with van der Waals surface area (Å²) in [5.74, 6) is 1.04. The molecule has 1 heterocycles. The van der Waals surface area contributed by atoms with E-state index in [9.17, 15) is 4.79 Å². The van der Waals surface area contributed by atoms with Gasteiger partial charge in [-0.2, -0.15) is 0 Å². The summed E-state index contributed by atoms with van der Waals surface area (Å²) in [4.78, 5) is 12.6. The zero-order valence-corrected chi connectivity index (χ0v) is 17.2. The largest absolute Gasteiger partial charge is 0.325 e. The molecule has 0 unspecified atom stereocenters. The average Bonchev–Trinajstić information content (AvgIpc) is 3.15. The van der Waals surface area contributed by atoms with E-state index < -0.39 is 0 Å². The molecular formula is C23H22N4OS. The number of rotatable bonds is 6. The molecule has 0 bridgehead atoms. The van der Waals surface area contributed by atoms with Crippen LogP contribution in [0.25, 0.3) is 22.2 Å². The van der Waals surface area contributed by atoms with E-state index in [4.69, 9.17) is 0 Å². The first-order chi connectivity index (χ1) is 14.2. The van der Waals surface area contributed by atoms with Gasteiger partial charge in [-0.15, -0.1) is 10.2 Å². The molecule has 0 aliphatic rings. The molecule has 146 valence electrons. The lowest BCUT2D eigenvalue weighted by Gasteiger charge is -2.10. The molecule has 4 aromatic rings. The van der Waals surface area contributed by atoms with Gasteiger partial charge in [-0.05, 0) is 31.4 Å². The molecule has 5 nitrogen and oxygen atoms in total. The summed E-state index contributed by atoms with van der Waals surface area (Å²) < 4.78 is 2.05. The summed E-state index contributed by atoms with van der Waals surface area (Å²) in [6.07, 6.45) is 0. The molecule has 0 radical (unpaired) electrons. The number of benzene rings is 3. The van der Waals surface area contributed by atoms with E-state index in [1.807, 2.05) is 59.2 Å². The van der Waals surface area contributed by atoms with Gasteiger partial charge in [-0.25, -0.2) is 0 Å². The highest BCUT2D eigenvalue weighted by atomic mass is 32.2. The fraction of sp³-hybridized carbons (Fsp3) is 0.174. The van der Waals surface area contributed by atoms with Gasteiger partial charge >= 0.3 is 0 Å². The molecule has 0 aliphatic carbocycles. The third-order valence-corrected chi connectivity index (χ3v) is 5.67. The van der Waals surface area contributed by atoms with Crippen LogP contribution in [-0.2, 0) is 11.3 Å². The number of hydrogen-bond acceptors (Lipinski definition) is 4. The van der Waals surface area contributed by atoms with Crippen LogP contribution in [0.5, 0.6) is 0 Å². The van der Waals surface area contributed by atoms with Crippen LogP contribution in [0.3, 0.4) is 0 Å². The normalized spacial score (nSPS) is 11.0. The lowest BCUT2D eigenvalue weighted by atomic mass is 10.1. The Balaban J connectivity index is 1.48. The Bertz CT molecular complexity index is 1160. The predicted molar refractivity (Wildman–Crippen MR) is 119 cm³/mol. The Kier molecular flexibility index (Phi) is 5.62. The molecule has 0 spiro atoms. The van der Waals surface area contributed by atoms with Crippen LogP contribution < -0.4 is 5.32 Å². The summed E-state index contributed by atoms with van der Waals surface area (Å²) in [5.41, 5.74) is 3.04. The van der Waals surface area contributed by atoms with E-state index in [1.165, 1.54) is 17.3 Å². The Hall–Kier alpha value is -3.12. The summed E-state index contributed by atoms with van der Waals surface area (Å²) in [5, 5.41) is 14.6. The average molecular weight is 403 g/mol. The molecule has 6 heteroatoms. The van der Waals surface area contributed by atoms with E-state index in [-0.39, 0.29) is 11.7 Å². The van der Waals surface area contributed by atoms with Gasteiger partial charge in [0.25, 0.3) is 0 Å². The number of thioether (sulfide) groups is 1. The van der Waals surface area contributed by atoms with Crippen molar-refractivity contribution in [1.29, 1.82) is 0 Å². The maximum atomic E-state index is 12.6. The number of anilines is 1. The molecule has 0 atom stereocenters. The lowest BCUT2D eigenvalue weighted by molar-refractivity contribution is -0.113. The van der Waals surface area contributed by atoms with E-state index in [0.29, 0.717) is 0 Å². The maximum Gasteiger partial charge on any atom is 0.234 e. The van der Waals surface area contributed by atoms with Gasteiger partial charge in [0, 0.05) is 23.2 Å². The number of fused-ring (bicyclic) bond motifs is 1. The van der Waals surface area contributed by atoms with Crippen molar-refractivity contribution in [2.24, 2.45) is 0 Å². The van der Waals surface area contributed by atoms with Crippen LogP contribution in [0.2, 0.25) is 0 Å². The standard InChI is InChI=1S/C23H22N4OS/c1-3-27-22(18-11-6-8-16(2)14-18)25-26-23(27)29-15-21(28)24-20-13-7-10-17-9-4-5-12-19(17)20/h4-14H,3,15H2,1-2H3,(H,24,28). The topological polar surface area (TPSA) is 59.8 Å². The monoisotopic (exact) mass is 402 g/mol. The quantitative estimate of drug-likeness (QED) is 0.453. The van der Waals surface area contributed by atoms with E-state index >= 15 is 0 Å². The first kappa shape index (κ1) is 19.2. The first-order valence-electron chi connectivity index (χ1n) is 9.56. The van der Waals surface area contributed by atoms with Crippen molar-refractivity contribution in [2.75, 3.05) is 11.1 Å². The van der Waals surface area contributed by atoms with Gasteiger partial charge in [0.2, 0.25) is 5.91 Å². The molecule has 1 N–H and O–H groups in total. The van der Waals surface area contributed by atoms with E-state index in [0.717, 1.165) is 39.5 Å². The minimum absolute atomic E-state index is 0.0610. The highest BCUT2D eigenvalue weighted by Gasteiger charge is 2.15. The van der Waals surface area contributed by atoms with E-state index in [2.05, 4.69) is 41.5 Å². The van der Waals surface area contributed by atoms with Crippen LogP contribution in [0.15, 0.2) is 71.9 Å². The number of amides is 1. The molecule has 1 aromatic heterocycles. The first-order valence-corrected chi connectivity index (χ1v) is 10.5. The zero-order chi connectivity index (χ0) is 20.2. The fourth-order valence-corrected chi connectivity index (χ4v) is 4.13. The molecule has 0 saturated carbocycles. The summed E-state index contributed by atoms with van der Waals surface area (Å²) in [6.45, 7) is 4.86. The molecule has 1 amide bonds. The predicted octanol–water partition coefficient (Wildman–Crippen LogP) is 5.16. The van der Waals surface area contributed by atoms with Gasteiger partial charge in [-0.1, -0.05) is 71.9 Å². The number of aryl methyl sites for hydroxylation is 1. The number of nitrogens with zero attached hydrogens (tertiary/aromatic N) is 3. The number of hydrogen-bond donors (Lipinski definition) is 1. The number of aromatic nitrogens is 3. The van der Waals surface area contributed by atoms with Crippen LogP contribution >= 0.6 is 11.8 Å². The SMILES string of the molecule is CCn1c(SCC(=O)Nc2cccc3ccccc23)nnc1-c1cccc(C)c1. The summed E-state index contributed by atoms with van der Waals surface area (Å²) in [6, 6.07) is 22.1. The fourth-order valence-electron chi connectivity index (χ4n) is 3.33. The second-order valence-electron chi connectivity index (χ2n) is 6.78. The molecule has 0 aliphatic heterocycles. The highest BCUT2D eigenvalue weighted by molar-refractivity contribution is 7.99. The number of carbonyl (C=O) groups excluding carboxylic acids is 1. The number of carbonyl (C=O) groups is 1. The number of nitrogens with one attached hydrogen (secondary N) is 1. The minimum Gasteiger partial charge on any atom is -0.325 e. The molecular weight excluding hydrogens is 380 g/mol. The van der Waals surface area contributed by atoms with Gasteiger partial charge < -0.3 is 9.88 Å². The van der Waals surface area contributed by atoms with Crippen LogP contribution in [0.4, 0.5) is 5.69 Å². The Morgan fingerprint density at radius 3 is 2.66 bits per heavy atom. The van der Waals surface area contributed by atoms with Crippen molar-refractivity contribution < 1.29 is 4.79 Å². The second-order valence-corrected chi connectivity index (χ2v) is 7.73. The third-order valence-electron chi connectivity index (χ3n) is 4.71. The van der Waals surface area contributed by atoms with Crippen LogP contribution in [0.1, 0.15) is 12.5 Å². The lowest BCUT2D eigenvalue weighted by Crippen LogP contribution is -2.15. The Labute approximate surface area is 174 Å². The Morgan fingerprint density at radius 1 is 1.03 bits per heavy atom. The van der Waals surface area contributed by atoms with Gasteiger partial charge in [0.05, 0.1) is 5.75 Å². The van der Waals surface area contributed by atoms with Crippen molar-refractivity contribution in [1.82, 2.24) is 14.8 Å². The zero-order valence-electron chi connectivity index (χ0n) is 16.4. The van der Waals surface area contributed by atoms with Gasteiger partial charge in [0.1, 0.15) is 0 Å². The van der Waals surface area contributed by atoms with Crippen molar-refractivity contribution in [3.63, 3.8) is 0 Å². The summed E-state index contributed by atoms with van der Waals surface area (Å²) >= 11 is 1.40. The second kappa shape index (κ2) is 8.49. The summed E-state index contributed by atoms with van der Waals surface area (Å²) in [7, 11) is 0. The van der Waals surface area contributed by atoms with E-state index in [1.54, 1.807) is 0 Å². The van der Waals surface area contributed by atoms with Gasteiger partial charge in [-0.3, -0.25) is 4.79 Å². The highest BCUT2D eigenvalue weighted by Crippen LogP contribution is 2.26. The molecule has 29 heavy (non-hydrogen) atoms. The minimum atomic E-state index is -0.0610. The van der Waals surface area contributed by atoms with Crippen molar-refractivity contribution in [3.05, 3.63) is 72.3 Å². The smallest absolute Gasteiger partial charge is 0.234 e. The van der Waals surface area contributed by atoms with Gasteiger partial charge in [0.15, 0.2) is 11.0 Å². The van der Waals surface area contributed by atoms with Crippen LogP contribution in [0, 0.1) is 6.92 Å². The molecule has 3 aromatic carbocycles.